The topological polar surface area (TPSA) is 84.5 Å². The number of pyridine rings is 1. The molecule has 0 atom stereocenters. The van der Waals surface area contributed by atoms with E-state index in [-0.39, 0.29) is 24.6 Å². The molecule has 2 amide bonds. The lowest BCUT2D eigenvalue weighted by Crippen LogP contribution is -2.34. The number of halogens is 3. The number of nitrogens with one attached hydrogen (secondary N) is 2. The van der Waals surface area contributed by atoms with Crippen molar-refractivity contribution in [1.29, 1.82) is 0 Å². The van der Waals surface area contributed by atoms with E-state index in [1.165, 1.54) is 22.9 Å². The van der Waals surface area contributed by atoms with Crippen LogP contribution in [0.15, 0.2) is 41.1 Å². The van der Waals surface area contributed by atoms with Gasteiger partial charge in [-0.3, -0.25) is 4.40 Å². The molecular weight excluding hydrogens is 327 g/mol. The molecule has 3 aromatic heterocycles. The molecule has 0 unspecified atom stereocenters. The summed E-state index contributed by atoms with van der Waals surface area (Å²) in [4.78, 5) is 11.7. The van der Waals surface area contributed by atoms with E-state index in [0.29, 0.717) is 5.76 Å². The highest BCUT2D eigenvalue weighted by Crippen LogP contribution is 2.31. The Morgan fingerprint density at radius 1 is 1.17 bits per heavy atom. The summed E-state index contributed by atoms with van der Waals surface area (Å²) in [6, 6.07) is 5.06. The van der Waals surface area contributed by atoms with Crippen molar-refractivity contribution in [2.75, 3.05) is 0 Å². The minimum Gasteiger partial charge on any atom is -0.467 e. The van der Waals surface area contributed by atoms with Crippen molar-refractivity contribution in [3.05, 3.63) is 53.9 Å². The number of hydrogen-bond acceptors (Lipinski definition) is 4. The second kappa shape index (κ2) is 6.22. The standard InChI is InChI=1S/C14H12F3N5O2/c15-14(16,17)10-4-1-5-22-11(20-21-12(10)22)8-19-13(23)18-7-9-3-2-6-24-9/h1-6H,7-8H2,(H2,18,19,23). The average Bonchev–Trinajstić information content (AvgIpc) is 3.19. The number of carbonyl (C=O) groups is 1. The van der Waals surface area contributed by atoms with Crippen LogP contribution in [0.4, 0.5) is 18.0 Å². The molecule has 3 aromatic rings. The molecule has 0 fully saturated rings. The maximum atomic E-state index is 12.9. The number of furan rings is 1. The highest BCUT2D eigenvalue weighted by Gasteiger charge is 2.34. The molecule has 0 saturated carbocycles. The number of aromatic nitrogens is 3. The fourth-order valence-electron chi connectivity index (χ4n) is 2.11. The van der Waals surface area contributed by atoms with Crippen LogP contribution in [0.2, 0.25) is 0 Å². The number of nitrogens with zero attached hydrogens (tertiary/aromatic N) is 3. The van der Waals surface area contributed by atoms with Crippen molar-refractivity contribution in [1.82, 2.24) is 25.2 Å². The number of fused-ring (bicyclic) bond motifs is 1. The molecular formula is C14H12F3N5O2. The molecule has 7 nitrogen and oxygen atoms in total. The molecule has 3 rings (SSSR count). The first-order valence-electron chi connectivity index (χ1n) is 6.89. The van der Waals surface area contributed by atoms with Crippen LogP contribution >= 0.6 is 0 Å². The van der Waals surface area contributed by atoms with E-state index < -0.39 is 17.8 Å². The predicted molar refractivity (Wildman–Crippen MR) is 75.8 cm³/mol. The lowest BCUT2D eigenvalue weighted by Gasteiger charge is -2.08. The number of urea groups is 1. The fourth-order valence-corrected chi connectivity index (χ4v) is 2.11. The number of hydrogen-bond donors (Lipinski definition) is 2. The Bertz CT molecular complexity index is 842. The Morgan fingerprint density at radius 2 is 1.96 bits per heavy atom. The van der Waals surface area contributed by atoms with Gasteiger partial charge in [0, 0.05) is 6.20 Å². The first-order valence-corrected chi connectivity index (χ1v) is 6.89. The molecule has 0 aliphatic heterocycles. The molecule has 0 radical (unpaired) electrons. The SMILES string of the molecule is O=C(NCc1ccco1)NCc1nnc2c(C(F)(F)F)cccn12. The van der Waals surface area contributed by atoms with E-state index in [1.54, 1.807) is 12.1 Å². The van der Waals surface area contributed by atoms with Gasteiger partial charge < -0.3 is 15.1 Å². The molecule has 126 valence electrons. The molecule has 24 heavy (non-hydrogen) atoms. The Kier molecular flexibility index (Phi) is 4.11. The number of alkyl halides is 3. The maximum absolute atomic E-state index is 12.9. The van der Waals surface area contributed by atoms with Crippen LogP contribution in [0.1, 0.15) is 17.1 Å². The normalized spacial score (nSPS) is 11.6. The van der Waals surface area contributed by atoms with E-state index >= 15 is 0 Å². The lowest BCUT2D eigenvalue weighted by atomic mass is 10.2. The molecule has 0 aromatic carbocycles. The summed E-state index contributed by atoms with van der Waals surface area (Å²) in [6.45, 7) is 0.115. The van der Waals surface area contributed by atoms with Crippen molar-refractivity contribution in [3.63, 3.8) is 0 Å². The third-order valence-electron chi connectivity index (χ3n) is 3.22. The molecule has 2 N–H and O–H groups in total. The zero-order chi connectivity index (χ0) is 17.2. The summed E-state index contributed by atoms with van der Waals surface area (Å²) in [5.41, 5.74) is -1.19. The van der Waals surface area contributed by atoms with Gasteiger partial charge in [-0.05, 0) is 24.3 Å². The summed E-state index contributed by atoms with van der Waals surface area (Å²) < 4.78 is 45.0. The van der Waals surface area contributed by atoms with Crippen LogP contribution in [0.25, 0.3) is 5.65 Å². The first kappa shape index (κ1) is 15.8. The van der Waals surface area contributed by atoms with Crippen molar-refractivity contribution < 1.29 is 22.4 Å². The maximum Gasteiger partial charge on any atom is 0.420 e. The summed E-state index contributed by atoms with van der Waals surface area (Å²) in [6.07, 6.45) is -1.64. The third-order valence-corrected chi connectivity index (χ3v) is 3.22. The van der Waals surface area contributed by atoms with Gasteiger partial charge >= 0.3 is 12.2 Å². The molecule has 10 heteroatoms. The number of amides is 2. The lowest BCUT2D eigenvalue weighted by molar-refractivity contribution is -0.136. The second-order valence-electron chi connectivity index (χ2n) is 4.85. The van der Waals surface area contributed by atoms with Crippen molar-refractivity contribution in [2.45, 2.75) is 19.3 Å². The van der Waals surface area contributed by atoms with Crippen molar-refractivity contribution >= 4 is 11.7 Å². The highest BCUT2D eigenvalue weighted by molar-refractivity contribution is 5.73. The van der Waals surface area contributed by atoms with Gasteiger partial charge in [-0.1, -0.05) is 0 Å². The number of rotatable bonds is 4. The van der Waals surface area contributed by atoms with Crippen molar-refractivity contribution in [2.24, 2.45) is 0 Å². The third kappa shape index (κ3) is 3.31. The minimum absolute atomic E-state index is 0.0769. The zero-order valence-corrected chi connectivity index (χ0v) is 12.2. The Labute approximate surface area is 133 Å². The largest absolute Gasteiger partial charge is 0.467 e. The van der Waals surface area contributed by atoms with Crippen LogP contribution in [0, 0.1) is 0 Å². The summed E-state index contributed by atoms with van der Waals surface area (Å²) in [7, 11) is 0. The molecule has 3 heterocycles. The molecule has 0 bridgehead atoms. The molecule has 0 saturated heterocycles. The van der Waals surface area contributed by atoms with Gasteiger partial charge in [-0.2, -0.15) is 13.2 Å². The molecule has 0 aliphatic carbocycles. The van der Waals surface area contributed by atoms with E-state index in [9.17, 15) is 18.0 Å². The van der Waals surface area contributed by atoms with Crippen LogP contribution in [-0.2, 0) is 19.3 Å². The van der Waals surface area contributed by atoms with Gasteiger partial charge in [-0.25, -0.2) is 4.79 Å². The van der Waals surface area contributed by atoms with Crippen molar-refractivity contribution in [3.8, 4) is 0 Å². The van der Waals surface area contributed by atoms with E-state index in [0.717, 1.165) is 6.07 Å². The summed E-state index contributed by atoms with van der Waals surface area (Å²) in [5.74, 6) is 0.761. The van der Waals surface area contributed by atoms with Gasteiger partial charge in [0.15, 0.2) is 11.5 Å². The highest BCUT2D eigenvalue weighted by atomic mass is 19.4. The van der Waals surface area contributed by atoms with Crippen LogP contribution in [0.3, 0.4) is 0 Å². The number of carbonyl (C=O) groups excluding carboxylic acids is 1. The van der Waals surface area contributed by atoms with E-state index in [2.05, 4.69) is 20.8 Å². The molecule has 0 aliphatic rings. The molecule has 0 spiro atoms. The van der Waals surface area contributed by atoms with Gasteiger partial charge in [0.1, 0.15) is 11.3 Å². The van der Waals surface area contributed by atoms with E-state index in [1.807, 2.05) is 0 Å². The Morgan fingerprint density at radius 3 is 2.67 bits per heavy atom. The fraction of sp³-hybridized carbons (Fsp3) is 0.214. The van der Waals surface area contributed by atoms with Crippen LogP contribution in [-0.4, -0.2) is 20.6 Å². The first-order chi connectivity index (χ1) is 11.4. The monoisotopic (exact) mass is 339 g/mol. The van der Waals surface area contributed by atoms with Crippen LogP contribution < -0.4 is 10.6 Å². The second-order valence-corrected chi connectivity index (χ2v) is 4.85. The predicted octanol–water partition coefficient (Wildman–Crippen LogP) is 2.34. The van der Waals surface area contributed by atoms with Gasteiger partial charge in [0.05, 0.1) is 19.4 Å². The van der Waals surface area contributed by atoms with Gasteiger partial charge in [0.2, 0.25) is 0 Å². The average molecular weight is 339 g/mol. The summed E-state index contributed by atoms with van der Waals surface area (Å²) >= 11 is 0. The Hall–Kier alpha value is -3.04. The Balaban J connectivity index is 1.66. The van der Waals surface area contributed by atoms with E-state index in [4.69, 9.17) is 4.42 Å². The van der Waals surface area contributed by atoms with Gasteiger partial charge in [0.25, 0.3) is 0 Å². The summed E-state index contributed by atoms with van der Waals surface area (Å²) in [5, 5.41) is 12.3. The quantitative estimate of drug-likeness (QED) is 0.764. The van der Waals surface area contributed by atoms with Gasteiger partial charge in [-0.15, -0.1) is 10.2 Å². The minimum atomic E-state index is -4.53. The van der Waals surface area contributed by atoms with Crippen LogP contribution in [0.5, 0.6) is 0 Å². The smallest absolute Gasteiger partial charge is 0.420 e. The zero-order valence-electron chi connectivity index (χ0n) is 12.2.